The molecule has 0 spiro atoms. The van der Waals surface area contributed by atoms with Crippen LogP contribution >= 0.6 is 0 Å². The largest absolute Gasteiger partial charge is 0.444 e. The van der Waals surface area contributed by atoms with Crippen LogP contribution in [0.1, 0.15) is 53.9 Å². The van der Waals surface area contributed by atoms with Gasteiger partial charge in [-0.15, -0.1) is 0 Å². The number of rotatable bonds is 4. The average Bonchev–Trinajstić information content (AvgIpc) is 2.20. The monoisotopic (exact) mass is 236 g/mol. The SMILES string of the molecule is C=C(C)C(C#CCCCC)OC(=O)C(C)(C)C. The first-order valence-electron chi connectivity index (χ1n) is 6.14. The van der Waals surface area contributed by atoms with Crippen molar-refractivity contribution in [3.8, 4) is 11.8 Å². The summed E-state index contributed by atoms with van der Waals surface area (Å²) < 4.78 is 5.34. The molecule has 96 valence electrons. The molecule has 0 saturated carbocycles. The molecule has 2 nitrogen and oxygen atoms in total. The fraction of sp³-hybridized carbons (Fsp3) is 0.667. The van der Waals surface area contributed by atoms with E-state index in [1.165, 1.54) is 0 Å². The molecule has 0 aromatic rings. The lowest BCUT2D eigenvalue weighted by atomic mass is 9.97. The van der Waals surface area contributed by atoms with Gasteiger partial charge in [0.2, 0.25) is 0 Å². The van der Waals surface area contributed by atoms with E-state index in [1.54, 1.807) is 0 Å². The minimum absolute atomic E-state index is 0.240. The second-order valence-corrected chi connectivity index (χ2v) is 5.31. The van der Waals surface area contributed by atoms with Gasteiger partial charge in [0.1, 0.15) is 0 Å². The Kier molecular flexibility index (Phi) is 6.65. The summed E-state index contributed by atoms with van der Waals surface area (Å²) in [6.07, 6.45) is 2.56. The third-order valence-electron chi connectivity index (χ3n) is 2.17. The Morgan fingerprint density at radius 3 is 2.41 bits per heavy atom. The average molecular weight is 236 g/mol. The van der Waals surface area contributed by atoms with Gasteiger partial charge >= 0.3 is 5.97 Å². The van der Waals surface area contributed by atoms with E-state index in [4.69, 9.17) is 4.74 Å². The van der Waals surface area contributed by atoms with Gasteiger partial charge in [0.25, 0.3) is 0 Å². The van der Waals surface area contributed by atoms with Gasteiger partial charge in [0.05, 0.1) is 5.41 Å². The van der Waals surface area contributed by atoms with Crippen molar-refractivity contribution >= 4 is 5.97 Å². The Hall–Kier alpha value is -1.23. The van der Waals surface area contributed by atoms with E-state index in [0.29, 0.717) is 0 Å². The zero-order valence-corrected chi connectivity index (χ0v) is 11.7. The molecule has 0 rings (SSSR count). The van der Waals surface area contributed by atoms with E-state index in [-0.39, 0.29) is 5.97 Å². The molecule has 0 amide bonds. The van der Waals surface area contributed by atoms with Crippen molar-refractivity contribution in [2.24, 2.45) is 5.41 Å². The third-order valence-corrected chi connectivity index (χ3v) is 2.17. The highest BCUT2D eigenvalue weighted by Crippen LogP contribution is 2.18. The van der Waals surface area contributed by atoms with Crippen LogP contribution in [-0.2, 0) is 9.53 Å². The van der Waals surface area contributed by atoms with Crippen molar-refractivity contribution in [1.29, 1.82) is 0 Å². The van der Waals surface area contributed by atoms with Gasteiger partial charge in [-0.25, -0.2) is 0 Å². The highest BCUT2D eigenvalue weighted by Gasteiger charge is 2.25. The fourth-order valence-electron chi connectivity index (χ4n) is 0.967. The summed E-state index contributed by atoms with van der Waals surface area (Å²) in [5.41, 5.74) is 0.269. The molecule has 0 aromatic heterocycles. The first-order chi connectivity index (χ1) is 7.79. The molecule has 0 saturated heterocycles. The topological polar surface area (TPSA) is 26.3 Å². The number of esters is 1. The summed E-state index contributed by atoms with van der Waals surface area (Å²) in [5, 5.41) is 0. The van der Waals surface area contributed by atoms with Gasteiger partial charge in [-0.2, -0.15) is 0 Å². The number of hydrogen-bond donors (Lipinski definition) is 0. The molecule has 0 aliphatic heterocycles. The summed E-state index contributed by atoms with van der Waals surface area (Å²) in [6, 6.07) is 0. The van der Waals surface area contributed by atoms with Crippen molar-refractivity contribution in [2.45, 2.75) is 60.0 Å². The molecule has 0 aromatic carbocycles. The number of carbonyl (C=O) groups excluding carboxylic acids is 1. The lowest BCUT2D eigenvalue weighted by Crippen LogP contribution is -2.28. The van der Waals surface area contributed by atoms with Gasteiger partial charge < -0.3 is 4.74 Å². The highest BCUT2D eigenvalue weighted by molar-refractivity contribution is 5.76. The smallest absolute Gasteiger partial charge is 0.312 e. The normalized spacial score (nSPS) is 12.3. The Balaban J connectivity index is 4.49. The predicted molar refractivity (Wildman–Crippen MR) is 71.5 cm³/mol. The molecule has 0 radical (unpaired) electrons. The van der Waals surface area contributed by atoms with Gasteiger partial charge in [-0.05, 0) is 39.7 Å². The third kappa shape index (κ3) is 6.84. The second kappa shape index (κ2) is 7.17. The maximum absolute atomic E-state index is 11.7. The van der Waals surface area contributed by atoms with Crippen molar-refractivity contribution in [2.75, 3.05) is 0 Å². The van der Waals surface area contributed by atoms with Crippen LogP contribution in [0, 0.1) is 17.3 Å². The summed E-state index contributed by atoms with van der Waals surface area (Å²) in [4.78, 5) is 11.7. The van der Waals surface area contributed by atoms with Gasteiger partial charge in [-0.3, -0.25) is 4.79 Å². The first kappa shape index (κ1) is 15.8. The predicted octanol–water partition coefficient (Wildman–Crippen LogP) is 3.71. The van der Waals surface area contributed by atoms with Crippen LogP contribution in [-0.4, -0.2) is 12.1 Å². The van der Waals surface area contributed by atoms with E-state index < -0.39 is 11.5 Å². The van der Waals surface area contributed by atoms with Crippen LogP contribution in [0.15, 0.2) is 12.2 Å². The minimum atomic E-state index is -0.501. The zero-order chi connectivity index (χ0) is 13.5. The van der Waals surface area contributed by atoms with Crippen LogP contribution in [0.4, 0.5) is 0 Å². The summed E-state index contributed by atoms with van der Waals surface area (Å²) in [6.45, 7) is 13.2. The van der Waals surface area contributed by atoms with Crippen LogP contribution in [0.25, 0.3) is 0 Å². The van der Waals surface area contributed by atoms with Crippen LogP contribution in [0.2, 0.25) is 0 Å². The van der Waals surface area contributed by atoms with E-state index in [2.05, 4.69) is 25.3 Å². The lowest BCUT2D eigenvalue weighted by molar-refractivity contribution is -0.154. The number of ether oxygens (including phenoxy) is 1. The van der Waals surface area contributed by atoms with Crippen molar-refractivity contribution < 1.29 is 9.53 Å². The maximum Gasteiger partial charge on any atom is 0.312 e. The van der Waals surface area contributed by atoms with E-state index in [1.807, 2.05) is 27.7 Å². The summed E-state index contributed by atoms with van der Waals surface area (Å²) >= 11 is 0. The molecule has 0 aliphatic rings. The van der Waals surface area contributed by atoms with E-state index in [0.717, 1.165) is 24.8 Å². The van der Waals surface area contributed by atoms with Crippen LogP contribution in [0.5, 0.6) is 0 Å². The molecule has 2 heteroatoms. The first-order valence-corrected chi connectivity index (χ1v) is 6.14. The van der Waals surface area contributed by atoms with Crippen molar-refractivity contribution in [1.82, 2.24) is 0 Å². The van der Waals surface area contributed by atoms with E-state index in [9.17, 15) is 4.79 Å². The number of hydrogen-bond acceptors (Lipinski definition) is 2. The minimum Gasteiger partial charge on any atom is -0.444 e. The Morgan fingerprint density at radius 1 is 1.41 bits per heavy atom. The highest BCUT2D eigenvalue weighted by atomic mass is 16.5. The van der Waals surface area contributed by atoms with Gasteiger partial charge in [0.15, 0.2) is 6.10 Å². The van der Waals surface area contributed by atoms with Gasteiger partial charge in [0, 0.05) is 6.42 Å². The lowest BCUT2D eigenvalue weighted by Gasteiger charge is -2.20. The Labute approximate surface area is 105 Å². The zero-order valence-electron chi connectivity index (χ0n) is 11.7. The van der Waals surface area contributed by atoms with Crippen molar-refractivity contribution in [3.05, 3.63) is 12.2 Å². The van der Waals surface area contributed by atoms with Gasteiger partial charge in [-0.1, -0.05) is 31.8 Å². The van der Waals surface area contributed by atoms with E-state index >= 15 is 0 Å². The van der Waals surface area contributed by atoms with Crippen molar-refractivity contribution in [3.63, 3.8) is 0 Å². The molecule has 0 N–H and O–H groups in total. The maximum atomic E-state index is 11.7. The quantitative estimate of drug-likeness (QED) is 0.322. The summed E-state index contributed by atoms with van der Waals surface area (Å²) in [5.74, 6) is 5.76. The molecular weight excluding hydrogens is 212 g/mol. The molecule has 0 heterocycles. The van der Waals surface area contributed by atoms with Crippen LogP contribution < -0.4 is 0 Å². The molecule has 17 heavy (non-hydrogen) atoms. The summed E-state index contributed by atoms with van der Waals surface area (Å²) in [7, 11) is 0. The molecule has 0 aliphatic carbocycles. The van der Waals surface area contributed by atoms with Crippen LogP contribution in [0.3, 0.4) is 0 Å². The number of unbranched alkanes of at least 4 members (excludes halogenated alkanes) is 2. The molecule has 0 bridgehead atoms. The molecular formula is C15H24O2. The second-order valence-electron chi connectivity index (χ2n) is 5.31. The molecule has 1 atom stereocenters. The Morgan fingerprint density at radius 2 is 2.00 bits per heavy atom. The standard InChI is InChI=1S/C15H24O2/c1-7-8-9-10-11-13(12(2)3)17-14(16)15(4,5)6/h13H,2,7-9H2,1,3-6H3. The molecule has 0 fully saturated rings. The molecule has 1 unspecified atom stereocenters. The Bertz CT molecular complexity index is 323. The fourth-order valence-corrected chi connectivity index (χ4v) is 0.967. The number of carbonyl (C=O) groups is 1.